The average molecular weight is 463 g/mol. The molecule has 0 aliphatic carbocycles. The van der Waals surface area contributed by atoms with Gasteiger partial charge in [-0.3, -0.25) is 9.35 Å². The summed E-state index contributed by atoms with van der Waals surface area (Å²) >= 11 is 0. The molecule has 0 spiro atoms. The van der Waals surface area contributed by atoms with Crippen molar-refractivity contribution in [3.63, 3.8) is 0 Å². The maximum Gasteiger partial charge on any atom is 0.266 e. The van der Waals surface area contributed by atoms with Gasteiger partial charge in [-0.1, -0.05) is 31.5 Å². The van der Waals surface area contributed by atoms with Crippen molar-refractivity contribution in [1.82, 2.24) is 19.9 Å². The van der Waals surface area contributed by atoms with Gasteiger partial charge in [0.15, 0.2) is 5.82 Å². The number of fused-ring (bicyclic) bond motifs is 3. The highest BCUT2D eigenvalue weighted by atomic mass is 32.2. The number of carbonyl (C=O) groups excluding carboxylic acids is 1. The van der Waals surface area contributed by atoms with E-state index in [0.717, 1.165) is 47.9 Å². The number of unbranched alkanes of at least 4 members (excludes halogenated alkanes) is 2. The number of hydrogen-bond acceptors (Lipinski definition) is 7. The molecular weight excluding hydrogens is 432 g/mol. The average Bonchev–Trinajstić information content (AvgIpc) is 3.10. The topological polar surface area (TPSA) is 166 Å². The van der Waals surface area contributed by atoms with Gasteiger partial charge in [-0.05, 0) is 25.3 Å². The van der Waals surface area contributed by atoms with Crippen LogP contribution in [0.2, 0.25) is 0 Å². The molecule has 32 heavy (non-hydrogen) atoms. The molecule has 0 saturated carbocycles. The number of nitrogens with two attached hydrogens (primary N) is 2. The number of para-hydroxylation sites is 1. The Bertz CT molecular complexity index is 1210. The summed E-state index contributed by atoms with van der Waals surface area (Å²) in [6.07, 6.45) is 4.31. The van der Waals surface area contributed by atoms with E-state index in [4.69, 9.17) is 21.0 Å². The summed E-state index contributed by atoms with van der Waals surface area (Å²) in [6.45, 7) is 3.17. The summed E-state index contributed by atoms with van der Waals surface area (Å²) in [7, 11) is -4.30. The van der Waals surface area contributed by atoms with Crippen LogP contribution in [0.1, 0.15) is 38.4 Å². The number of pyridine rings is 1. The fourth-order valence-corrected chi connectivity index (χ4v) is 4.32. The Hall–Kier alpha value is -2.76. The molecule has 6 N–H and O–H groups in total. The SMILES string of the molecule is CCCCc1nc2c(N)nc3ccccc3c2n1CCCCNC(=O)[C@@H](N)CS(=O)(=O)O. The zero-order valence-corrected chi connectivity index (χ0v) is 18.9. The molecule has 1 aromatic carbocycles. The lowest BCUT2D eigenvalue weighted by Crippen LogP contribution is -2.45. The van der Waals surface area contributed by atoms with E-state index in [1.807, 2.05) is 24.3 Å². The number of nitrogens with zero attached hydrogens (tertiary/aromatic N) is 3. The first-order valence-corrected chi connectivity index (χ1v) is 12.3. The Labute approximate surface area is 187 Å². The van der Waals surface area contributed by atoms with Crippen molar-refractivity contribution in [1.29, 1.82) is 0 Å². The number of rotatable bonds is 11. The van der Waals surface area contributed by atoms with Gasteiger partial charge in [-0.2, -0.15) is 8.42 Å². The highest BCUT2D eigenvalue weighted by molar-refractivity contribution is 7.85. The Balaban J connectivity index is 1.73. The minimum atomic E-state index is -4.30. The second-order valence-electron chi connectivity index (χ2n) is 7.85. The molecule has 0 aliphatic rings. The Morgan fingerprint density at radius 1 is 1.22 bits per heavy atom. The smallest absolute Gasteiger partial charge is 0.266 e. The van der Waals surface area contributed by atoms with Crippen LogP contribution < -0.4 is 16.8 Å². The fourth-order valence-electron chi connectivity index (χ4n) is 3.71. The molecule has 11 heteroatoms. The molecule has 3 aromatic rings. The van der Waals surface area contributed by atoms with Gasteiger partial charge in [0.2, 0.25) is 5.91 Å². The summed E-state index contributed by atoms with van der Waals surface area (Å²) in [5, 5.41) is 3.61. The van der Waals surface area contributed by atoms with Crippen molar-refractivity contribution in [2.24, 2.45) is 5.73 Å². The minimum absolute atomic E-state index is 0.347. The van der Waals surface area contributed by atoms with Gasteiger partial charge >= 0.3 is 0 Å². The molecule has 0 bridgehead atoms. The molecule has 2 aromatic heterocycles. The highest BCUT2D eigenvalue weighted by Gasteiger charge is 2.20. The van der Waals surface area contributed by atoms with Crippen molar-refractivity contribution in [3.05, 3.63) is 30.1 Å². The quantitative estimate of drug-likeness (QED) is 0.246. The van der Waals surface area contributed by atoms with Crippen LogP contribution in [0.3, 0.4) is 0 Å². The standard InChI is InChI=1S/C21H30N6O4S/c1-2-3-10-17-26-18-19(14-8-4-5-9-16(14)25-20(18)23)27(17)12-7-6-11-24-21(28)15(22)13-32(29,30)31/h4-5,8-9,15H,2-3,6-7,10-13,22H2,1H3,(H2,23,25)(H,24,28)(H,29,30,31)/t15-/m0/s1. The monoisotopic (exact) mass is 462 g/mol. The van der Waals surface area contributed by atoms with Crippen molar-refractivity contribution in [2.45, 2.75) is 51.6 Å². The van der Waals surface area contributed by atoms with Crippen molar-refractivity contribution in [2.75, 3.05) is 18.0 Å². The van der Waals surface area contributed by atoms with E-state index in [1.165, 1.54) is 0 Å². The second-order valence-corrected chi connectivity index (χ2v) is 9.34. The molecule has 10 nitrogen and oxygen atoms in total. The molecule has 1 atom stereocenters. The number of benzene rings is 1. The molecule has 174 valence electrons. The normalized spacial score (nSPS) is 13.0. The predicted octanol–water partition coefficient (Wildman–Crippen LogP) is 1.62. The summed E-state index contributed by atoms with van der Waals surface area (Å²) in [4.78, 5) is 21.2. The Morgan fingerprint density at radius 3 is 2.69 bits per heavy atom. The number of aryl methyl sites for hydroxylation is 2. The number of aromatic nitrogens is 3. The van der Waals surface area contributed by atoms with Crippen LogP contribution in [0.5, 0.6) is 0 Å². The van der Waals surface area contributed by atoms with E-state index in [9.17, 15) is 13.2 Å². The molecule has 0 unspecified atom stereocenters. The van der Waals surface area contributed by atoms with E-state index in [1.54, 1.807) is 0 Å². The lowest BCUT2D eigenvalue weighted by atomic mass is 10.2. The summed E-state index contributed by atoms with van der Waals surface area (Å²) < 4.78 is 32.7. The summed E-state index contributed by atoms with van der Waals surface area (Å²) in [6, 6.07) is 6.54. The zero-order chi connectivity index (χ0) is 23.3. The molecule has 0 fully saturated rings. The number of amides is 1. The number of hydrogen-bond donors (Lipinski definition) is 4. The van der Waals surface area contributed by atoms with Gasteiger partial charge < -0.3 is 21.4 Å². The Kier molecular flexibility index (Phi) is 7.64. The molecule has 2 heterocycles. The largest absolute Gasteiger partial charge is 0.382 e. The first-order chi connectivity index (χ1) is 15.2. The molecule has 0 radical (unpaired) electrons. The number of imidazole rings is 1. The fraction of sp³-hybridized carbons (Fsp3) is 0.476. The highest BCUT2D eigenvalue weighted by Crippen LogP contribution is 2.29. The zero-order valence-electron chi connectivity index (χ0n) is 18.1. The van der Waals surface area contributed by atoms with E-state index in [2.05, 4.69) is 21.8 Å². The summed E-state index contributed by atoms with van der Waals surface area (Å²) in [5.41, 5.74) is 14.2. The molecular formula is C21H30N6O4S. The van der Waals surface area contributed by atoms with E-state index < -0.39 is 27.8 Å². The van der Waals surface area contributed by atoms with E-state index in [0.29, 0.717) is 30.8 Å². The summed E-state index contributed by atoms with van der Waals surface area (Å²) in [5.74, 6) is -0.0335. The van der Waals surface area contributed by atoms with Gasteiger partial charge in [0, 0.05) is 24.9 Å². The van der Waals surface area contributed by atoms with Crippen molar-refractivity contribution in [3.8, 4) is 0 Å². The minimum Gasteiger partial charge on any atom is -0.382 e. The van der Waals surface area contributed by atoms with Gasteiger partial charge in [-0.25, -0.2) is 9.97 Å². The Morgan fingerprint density at radius 2 is 1.97 bits per heavy atom. The van der Waals surface area contributed by atoms with Crippen LogP contribution in [-0.4, -0.2) is 51.8 Å². The first-order valence-electron chi connectivity index (χ1n) is 10.7. The lowest BCUT2D eigenvalue weighted by molar-refractivity contribution is -0.121. The van der Waals surface area contributed by atoms with Crippen LogP contribution in [0.4, 0.5) is 5.82 Å². The predicted molar refractivity (Wildman–Crippen MR) is 125 cm³/mol. The van der Waals surface area contributed by atoms with Crippen molar-refractivity contribution < 1.29 is 17.8 Å². The van der Waals surface area contributed by atoms with Gasteiger partial charge in [0.25, 0.3) is 10.1 Å². The van der Waals surface area contributed by atoms with Gasteiger partial charge in [-0.15, -0.1) is 0 Å². The van der Waals surface area contributed by atoms with Crippen LogP contribution in [0.25, 0.3) is 21.9 Å². The van der Waals surface area contributed by atoms with Crippen molar-refractivity contribution >= 4 is 43.8 Å². The van der Waals surface area contributed by atoms with Crippen LogP contribution in [-0.2, 0) is 27.9 Å². The van der Waals surface area contributed by atoms with E-state index >= 15 is 0 Å². The molecule has 0 aliphatic heterocycles. The van der Waals surface area contributed by atoms with Gasteiger partial charge in [0.1, 0.15) is 17.4 Å². The number of anilines is 1. The van der Waals surface area contributed by atoms with E-state index in [-0.39, 0.29) is 0 Å². The second kappa shape index (κ2) is 10.2. The van der Waals surface area contributed by atoms with Gasteiger partial charge in [0.05, 0.1) is 16.8 Å². The van der Waals surface area contributed by atoms with Crippen LogP contribution in [0.15, 0.2) is 24.3 Å². The lowest BCUT2D eigenvalue weighted by Gasteiger charge is -2.12. The molecule has 3 rings (SSSR count). The van der Waals surface area contributed by atoms with Crippen LogP contribution in [0, 0.1) is 0 Å². The molecule has 1 amide bonds. The first kappa shape index (κ1) is 23.9. The maximum absolute atomic E-state index is 11.9. The third-order valence-corrected chi connectivity index (χ3v) is 6.06. The number of nitrogens with one attached hydrogen (secondary N) is 1. The number of nitrogen functional groups attached to an aromatic ring is 1. The molecule has 0 saturated heterocycles. The number of carbonyl (C=O) groups is 1. The maximum atomic E-state index is 11.9. The third-order valence-electron chi connectivity index (χ3n) is 5.28. The van der Waals surface area contributed by atoms with Crippen LogP contribution >= 0.6 is 0 Å². The third kappa shape index (κ3) is 5.72.